The summed E-state index contributed by atoms with van der Waals surface area (Å²) in [5.74, 6) is 1.62. The van der Waals surface area contributed by atoms with Gasteiger partial charge in [0.25, 0.3) is 0 Å². The summed E-state index contributed by atoms with van der Waals surface area (Å²) in [6.07, 6.45) is 3.25. The summed E-state index contributed by atoms with van der Waals surface area (Å²) in [5.41, 5.74) is 1.12. The van der Waals surface area contributed by atoms with Crippen LogP contribution >= 0.6 is 0 Å². The molecule has 2 rings (SSSR count). The van der Waals surface area contributed by atoms with Gasteiger partial charge in [-0.15, -0.1) is 0 Å². The predicted molar refractivity (Wildman–Crippen MR) is 76.2 cm³/mol. The topological polar surface area (TPSA) is 36.9 Å². The van der Waals surface area contributed by atoms with Gasteiger partial charge in [-0.2, -0.15) is 0 Å². The van der Waals surface area contributed by atoms with E-state index in [-0.39, 0.29) is 6.29 Å². The molecule has 1 aromatic rings. The van der Waals surface area contributed by atoms with Crippen molar-refractivity contribution in [2.24, 2.45) is 0 Å². The molecule has 0 radical (unpaired) electrons. The maximum Gasteiger partial charge on any atom is 0.157 e. The molecule has 1 unspecified atom stereocenters. The van der Waals surface area contributed by atoms with Crippen LogP contribution in [-0.2, 0) is 9.47 Å². The van der Waals surface area contributed by atoms with E-state index in [1.807, 2.05) is 26.0 Å². The van der Waals surface area contributed by atoms with E-state index >= 15 is 0 Å². The van der Waals surface area contributed by atoms with Crippen molar-refractivity contribution in [2.45, 2.75) is 25.6 Å². The number of hydrogen-bond donors (Lipinski definition) is 0. The molecule has 0 saturated carbocycles. The molecule has 1 atom stereocenters. The van der Waals surface area contributed by atoms with Crippen LogP contribution in [0.25, 0.3) is 0 Å². The highest BCUT2D eigenvalue weighted by atomic mass is 16.7. The Labute approximate surface area is 115 Å². The number of methoxy groups -OCH3 is 1. The molecule has 0 spiro atoms. The normalized spacial score (nSPS) is 19.1. The summed E-state index contributed by atoms with van der Waals surface area (Å²) in [6, 6.07) is 5.84. The second-order valence-electron chi connectivity index (χ2n) is 4.70. The molecule has 0 aliphatic carbocycles. The van der Waals surface area contributed by atoms with Gasteiger partial charge >= 0.3 is 0 Å². The van der Waals surface area contributed by atoms with E-state index in [4.69, 9.17) is 18.9 Å². The minimum absolute atomic E-state index is 0.0515. The molecule has 0 amide bonds. The van der Waals surface area contributed by atoms with Crippen molar-refractivity contribution in [2.75, 3.05) is 26.9 Å². The van der Waals surface area contributed by atoms with Crippen LogP contribution < -0.4 is 14.9 Å². The zero-order valence-corrected chi connectivity index (χ0v) is 11.7. The summed E-state index contributed by atoms with van der Waals surface area (Å²) in [7, 11) is 3.67. The fraction of sp³-hybridized carbons (Fsp3) is 0.571. The Hall–Kier alpha value is -1.20. The van der Waals surface area contributed by atoms with Crippen LogP contribution in [-0.4, -0.2) is 41.1 Å². The minimum atomic E-state index is -0.0515. The lowest BCUT2D eigenvalue weighted by Crippen LogP contribution is -2.24. The van der Waals surface area contributed by atoms with Crippen molar-refractivity contribution in [1.29, 1.82) is 0 Å². The third kappa shape index (κ3) is 4.76. The molecule has 1 heterocycles. The van der Waals surface area contributed by atoms with Crippen LogP contribution in [0.15, 0.2) is 18.2 Å². The van der Waals surface area contributed by atoms with Gasteiger partial charge in [0.2, 0.25) is 0 Å². The van der Waals surface area contributed by atoms with Crippen molar-refractivity contribution in [1.82, 2.24) is 0 Å². The summed E-state index contributed by atoms with van der Waals surface area (Å²) in [4.78, 5) is 0. The van der Waals surface area contributed by atoms with Crippen LogP contribution in [0, 0.1) is 0 Å². The molecule has 0 bridgehead atoms. The smallest absolute Gasteiger partial charge is 0.157 e. The molecule has 4 nitrogen and oxygen atoms in total. The van der Waals surface area contributed by atoms with E-state index in [1.54, 1.807) is 7.11 Å². The Kier molecular flexibility index (Phi) is 5.54. The highest BCUT2D eigenvalue weighted by Gasteiger charge is 2.13. The summed E-state index contributed by atoms with van der Waals surface area (Å²) in [6.45, 7) is 1.87. The minimum Gasteiger partial charge on any atom is -0.497 e. The first-order chi connectivity index (χ1) is 9.28. The molecule has 0 aromatic heterocycles. The van der Waals surface area contributed by atoms with Crippen LogP contribution in [0.1, 0.15) is 19.3 Å². The van der Waals surface area contributed by atoms with Crippen molar-refractivity contribution in [3.8, 4) is 11.5 Å². The van der Waals surface area contributed by atoms with Crippen molar-refractivity contribution in [3.63, 3.8) is 0 Å². The van der Waals surface area contributed by atoms with Crippen LogP contribution in [0.3, 0.4) is 0 Å². The Balaban J connectivity index is 1.71. The van der Waals surface area contributed by atoms with Crippen molar-refractivity contribution in [3.05, 3.63) is 18.2 Å². The first kappa shape index (κ1) is 14.2. The molecule has 19 heavy (non-hydrogen) atoms. The maximum absolute atomic E-state index is 5.66. The molecule has 1 aromatic carbocycles. The van der Waals surface area contributed by atoms with Gasteiger partial charge in [-0.1, -0.05) is 5.46 Å². The molecule has 1 aliphatic rings. The summed E-state index contributed by atoms with van der Waals surface area (Å²) < 4.78 is 22.0. The third-order valence-corrected chi connectivity index (χ3v) is 3.05. The Morgan fingerprint density at radius 3 is 2.79 bits per heavy atom. The standard InChI is InChI=1S/C14H21BO4/c1-16-12-8-11(15)9-13(10-12)17-6-7-19-14-4-2-3-5-18-14/h8-10,14H,2-7,15H2,1H3. The van der Waals surface area contributed by atoms with E-state index in [0.717, 1.165) is 36.4 Å². The number of ether oxygens (including phenoxy) is 4. The van der Waals surface area contributed by atoms with Gasteiger partial charge in [-0.3, -0.25) is 0 Å². The lowest BCUT2D eigenvalue weighted by Gasteiger charge is -2.22. The van der Waals surface area contributed by atoms with Crippen LogP contribution in [0.2, 0.25) is 0 Å². The lowest BCUT2D eigenvalue weighted by atomic mass is 9.96. The molecule has 104 valence electrons. The highest BCUT2D eigenvalue weighted by molar-refractivity contribution is 6.32. The molecule has 0 N–H and O–H groups in total. The molecular formula is C14H21BO4. The highest BCUT2D eigenvalue weighted by Crippen LogP contribution is 2.17. The van der Waals surface area contributed by atoms with Gasteiger partial charge in [-0.25, -0.2) is 0 Å². The van der Waals surface area contributed by atoms with Gasteiger partial charge in [0.15, 0.2) is 6.29 Å². The second-order valence-corrected chi connectivity index (χ2v) is 4.70. The maximum atomic E-state index is 5.66. The fourth-order valence-corrected chi connectivity index (χ4v) is 2.10. The second kappa shape index (κ2) is 7.41. The van der Waals surface area contributed by atoms with E-state index in [2.05, 4.69) is 0 Å². The average molecular weight is 264 g/mol. The predicted octanol–water partition coefficient (Wildman–Crippen LogP) is 0.876. The monoisotopic (exact) mass is 264 g/mol. The molecule has 5 heteroatoms. The van der Waals surface area contributed by atoms with Gasteiger partial charge in [-0.05, 0) is 31.4 Å². The van der Waals surface area contributed by atoms with Crippen molar-refractivity contribution >= 4 is 13.3 Å². The SMILES string of the molecule is Bc1cc(OC)cc(OCCOC2CCCCO2)c1. The Morgan fingerprint density at radius 2 is 2.05 bits per heavy atom. The Bertz CT molecular complexity index is 391. The number of hydrogen-bond acceptors (Lipinski definition) is 4. The zero-order chi connectivity index (χ0) is 13.5. The molecule has 1 aliphatic heterocycles. The van der Waals surface area contributed by atoms with Gasteiger partial charge in [0.05, 0.1) is 13.7 Å². The van der Waals surface area contributed by atoms with Crippen molar-refractivity contribution < 1.29 is 18.9 Å². The van der Waals surface area contributed by atoms with E-state index in [0.29, 0.717) is 13.2 Å². The first-order valence-corrected chi connectivity index (χ1v) is 6.79. The average Bonchev–Trinajstić information content (AvgIpc) is 2.44. The molecule has 1 saturated heterocycles. The zero-order valence-electron chi connectivity index (χ0n) is 11.7. The van der Waals surface area contributed by atoms with Gasteiger partial charge in [0, 0.05) is 12.7 Å². The van der Waals surface area contributed by atoms with Gasteiger partial charge in [0.1, 0.15) is 26.0 Å². The van der Waals surface area contributed by atoms with Crippen LogP contribution in [0.4, 0.5) is 0 Å². The van der Waals surface area contributed by atoms with E-state index < -0.39 is 0 Å². The fourth-order valence-electron chi connectivity index (χ4n) is 2.10. The molecular weight excluding hydrogens is 243 g/mol. The summed E-state index contributed by atoms with van der Waals surface area (Å²) >= 11 is 0. The third-order valence-electron chi connectivity index (χ3n) is 3.05. The molecule has 1 fully saturated rings. The lowest BCUT2D eigenvalue weighted by molar-refractivity contribution is -0.165. The van der Waals surface area contributed by atoms with E-state index in [1.165, 1.54) is 6.42 Å². The largest absolute Gasteiger partial charge is 0.497 e. The van der Waals surface area contributed by atoms with Gasteiger partial charge < -0.3 is 18.9 Å². The Morgan fingerprint density at radius 1 is 1.21 bits per heavy atom. The quantitative estimate of drug-likeness (QED) is 0.564. The summed E-state index contributed by atoms with van der Waals surface area (Å²) in [5, 5.41) is 0. The van der Waals surface area contributed by atoms with E-state index in [9.17, 15) is 0 Å². The first-order valence-electron chi connectivity index (χ1n) is 6.79. The number of benzene rings is 1. The van der Waals surface area contributed by atoms with Crippen LogP contribution in [0.5, 0.6) is 11.5 Å². The number of rotatable bonds is 6.